The summed E-state index contributed by atoms with van der Waals surface area (Å²) in [7, 11) is 3.16. The van der Waals surface area contributed by atoms with E-state index in [0.29, 0.717) is 0 Å². The van der Waals surface area contributed by atoms with E-state index in [1.54, 1.807) is 7.11 Å². The van der Waals surface area contributed by atoms with Crippen LogP contribution >= 0.6 is 0 Å². The van der Waals surface area contributed by atoms with Crippen LogP contribution in [0.2, 0.25) is 0 Å². The van der Waals surface area contributed by atoms with Crippen molar-refractivity contribution in [1.29, 1.82) is 0 Å². The molecule has 1 rings (SSSR count). The van der Waals surface area contributed by atoms with Gasteiger partial charge in [-0.25, -0.2) is 0 Å². The van der Waals surface area contributed by atoms with Crippen LogP contribution in [0, 0.1) is 6.92 Å². The Morgan fingerprint density at radius 1 is 1.39 bits per heavy atom. The van der Waals surface area contributed by atoms with Crippen molar-refractivity contribution < 1.29 is 14.3 Å². The topological polar surface area (TPSA) is 47.6 Å². The van der Waals surface area contributed by atoms with Crippen molar-refractivity contribution in [3.05, 3.63) is 29.3 Å². The van der Waals surface area contributed by atoms with Gasteiger partial charge < -0.3 is 14.8 Å². The lowest BCUT2D eigenvalue weighted by Crippen LogP contribution is -2.31. The van der Waals surface area contributed by atoms with Crippen LogP contribution in [0.5, 0.6) is 5.75 Å². The number of ether oxygens (including phenoxy) is 2. The van der Waals surface area contributed by atoms with E-state index >= 15 is 0 Å². The van der Waals surface area contributed by atoms with E-state index in [1.807, 2.05) is 32.0 Å². The molecule has 0 aliphatic rings. The molecule has 0 heterocycles. The maximum Gasteiger partial charge on any atom is 0.246 e. The molecule has 4 nitrogen and oxygen atoms in total. The van der Waals surface area contributed by atoms with Gasteiger partial charge in [0.05, 0.1) is 13.2 Å². The standard InChI is InChI=1S/C14H21NO3/c1-5-12(15-14(16)9-17-3)11-6-7-13(18-4)10(2)8-11/h6-8,12H,5,9H2,1-4H3,(H,15,16)/t12-/m1/s1. The molecule has 0 aliphatic heterocycles. The highest BCUT2D eigenvalue weighted by atomic mass is 16.5. The summed E-state index contributed by atoms with van der Waals surface area (Å²) >= 11 is 0. The van der Waals surface area contributed by atoms with E-state index in [-0.39, 0.29) is 18.6 Å². The lowest BCUT2D eigenvalue weighted by molar-refractivity contribution is -0.125. The summed E-state index contributed by atoms with van der Waals surface area (Å²) in [5, 5.41) is 2.94. The molecule has 4 heteroatoms. The Morgan fingerprint density at radius 2 is 2.11 bits per heavy atom. The Labute approximate surface area is 108 Å². The van der Waals surface area contributed by atoms with Crippen LogP contribution in [0.25, 0.3) is 0 Å². The molecular formula is C14H21NO3. The number of hydrogen-bond donors (Lipinski definition) is 1. The first-order chi connectivity index (χ1) is 8.62. The average molecular weight is 251 g/mol. The molecule has 0 saturated carbocycles. The van der Waals surface area contributed by atoms with E-state index < -0.39 is 0 Å². The van der Waals surface area contributed by atoms with Gasteiger partial charge >= 0.3 is 0 Å². The van der Waals surface area contributed by atoms with Gasteiger partial charge in [-0.05, 0) is 30.5 Å². The fourth-order valence-corrected chi connectivity index (χ4v) is 1.91. The molecule has 0 aliphatic carbocycles. The van der Waals surface area contributed by atoms with Gasteiger partial charge in [-0.15, -0.1) is 0 Å². The summed E-state index contributed by atoms with van der Waals surface area (Å²) < 4.78 is 10.0. The summed E-state index contributed by atoms with van der Waals surface area (Å²) in [6.07, 6.45) is 0.835. The summed E-state index contributed by atoms with van der Waals surface area (Å²) in [6, 6.07) is 5.96. The number of methoxy groups -OCH3 is 2. The molecule has 1 aromatic carbocycles. The largest absolute Gasteiger partial charge is 0.496 e. The lowest BCUT2D eigenvalue weighted by Gasteiger charge is -2.18. The van der Waals surface area contributed by atoms with Gasteiger partial charge in [0.25, 0.3) is 0 Å². The maximum atomic E-state index is 11.5. The minimum atomic E-state index is -0.0992. The summed E-state index contributed by atoms with van der Waals surface area (Å²) in [5.74, 6) is 0.759. The first kappa shape index (κ1) is 14.5. The Balaban J connectivity index is 2.82. The third-order valence-electron chi connectivity index (χ3n) is 2.84. The van der Waals surface area contributed by atoms with Gasteiger partial charge in [0.2, 0.25) is 5.91 Å². The van der Waals surface area contributed by atoms with Gasteiger partial charge in [-0.1, -0.05) is 19.1 Å². The molecule has 0 unspecified atom stereocenters. The Hall–Kier alpha value is -1.55. The van der Waals surface area contributed by atoms with Crippen molar-refractivity contribution >= 4 is 5.91 Å². The average Bonchev–Trinajstić information content (AvgIpc) is 2.36. The van der Waals surface area contributed by atoms with Crippen LogP contribution in [-0.2, 0) is 9.53 Å². The van der Waals surface area contributed by atoms with E-state index in [4.69, 9.17) is 9.47 Å². The van der Waals surface area contributed by atoms with Crippen LogP contribution < -0.4 is 10.1 Å². The molecule has 18 heavy (non-hydrogen) atoms. The van der Waals surface area contributed by atoms with Gasteiger partial charge in [-0.3, -0.25) is 4.79 Å². The number of rotatable bonds is 6. The minimum Gasteiger partial charge on any atom is -0.496 e. The third-order valence-corrected chi connectivity index (χ3v) is 2.84. The molecule has 1 aromatic rings. The van der Waals surface area contributed by atoms with Crippen LogP contribution in [0.3, 0.4) is 0 Å². The van der Waals surface area contributed by atoms with Crippen molar-refractivity contribution in [3.8, 4) is 5.75 Å². The quantitative estimate of drug-likeness (QED) is 0.843. The van der Waals surface area contributed by atoms with Crippen LogP contribution in [0.4, 0.5) is 0 Å². The molecule has 1 amide bonds. The summed E-state index contributed by atoms with van der Waals surface area (Å²) in [4.78, 5) is 11.5. The zero-order valence-electron chi connectivity index (χ0n) is 11.4. The molecule has 0 radical (unpaired) electrons. The highest BCUT2D eigenvalue weighted by molar-refractivity contribution is 5.77. The van der Waals surface area contributed by atoms with Crippen LogP contribution in [0.1, 0.15) is 30.5 Å². The van der Waals surface area contributed by atoms with Crippen molar-refractivity contribution in [3.63, 3.8) is 0 Å². The predicted octanol–water partition coefficient (Wildman–Crippen LogP) is 2.22. The van der Waals surface area contributed by atoms with Gasteiger partial charge in [0.15, 0.2) is 0 Å². The van der Waals surface area contributed by atoms with Gasteiger partial charge in [-0.2, -0.15) is 0 Å². The normalized spacial score (nSPS) is 12.0. The third kappa shape index (κ3) is 3.74. The Bertz CT molecular complexity index is 404. The fraction of sp³-hybridized carbons (Fsp3) is 0.500. The van der Waals surface area contributed by atoms with E-state index in [2.05, 4.69) is 5.32 Å². The number of benzene rings is 1. The maximum absolute atomic E-state index is 11.5. The second-order valence-corrected chi connectivity index (χ2v) is 4.19. The summed E-state index contributed by atoms with van der Waals surface area (Å²) in [6.45, 7) is 4.12. The van der Waals surface area contributed by atoms with Crippen LogP contribution in [0.15, 0.2) is 18.2 Å². The molecule has 0 spiro atoms. The number of amides is 1. The molecule has 0 aromatic heterocycles. The number of carbonyl (C=O) groups excluding carboxylic acids is 1. The van der Waals surface area contributed by atoms with Gasteiger partial charge in [0, 0.05) is 7.11 Å². The Morgan fingerprint density at radius 3 is 2.61 bits per heavy atom. The molecule has 0 fully saturated rings. The van der Waals surface area contributed by atoms with Crippen LogP contribution in [-0.4, -0.2) is 26.7 Å². The van der Waals surface area contributed by atoms with Crippen molar-refractivity contribution in [2.75, 3.05) is 20.8 Å². The monoisotopic (exact) mass is 251 g/mol. The second-order valence-electron chi connectivity index (χ2n) is 4.19. The van der Waals surface area contributed by atoms with E-state index in [0.717, 1.165) is 23.3 Å². The first-order valence-corrected chi connectivity index (χ1v) is 6.05. The number of aryl methyl sites for hydroxylation is 1. The van der Waals surface area contributed by atoms with E-state index in [1.165, 1.54) is 7.11 Å². The molecule has 100 valence electrons. The zero-order chi connectivity index (χ0) is 13.5. The molecule has 0 saturated heterocycles. The molecule has 1 atom stereocenters. The zero-order valence-corrected chi connectivity index (χ0v) is 11.4. The molecule has 1 N–H and O–H groups in total. The first-order valence-electron chi connectivity index (χ1n) is 6.05. The van der Waals surface area contributed by atoms with Gasteiger partial charge in [0.1, 0.15) is 12.4 Å². The summed E-state index contributed by atoms with van der Waals surface area (Å²) in [5.41, 5.74) is 2.15. The number of nitrogens with one attached hydrogen (secondary N) is 1. The molecule has 0 bridgehead atoms. The minimum absolute atomic E-state index is 0.0113. The highest BCUT2D eigenvalue weighted by Gasteiger charge is 2.13. The number of hydrogen-bond acceptors (Lipinski definition) is 3. The second kappa shape index (κ2) is 7.01. The number of carbonyl (C=O) groups is 1. The smallest absolute Gasteiger partial charge is 0.246 e. The van der Waals surface area contributed by atoms with Crippen molar-refractivity contribution in [2.24, 2.45) is 0 Å². The highest BCUT2D eigenvalue weighted by Crippen LogP contribution is 2.24. The fourth-order valence-electron chi connectivity index (χ4n) is 1.91. The SMILES string of the molecule is CC[C@@H](NC(=O)COC)c1ccc(OC)c(C)c1. The van der Waals surface area contributed by atoms with E-state index in [9.17, 15) is 4.79 Å². The Kier molecular flexibility index (Phi) is 5.65. The predicted molar refractivity (Wildman–Crippen MR) is 70.8 cm³/mol. The lowest BCUT2D eigenvalue weighted by atomic mass is 10.0. The van der Waals surface area contributed by atoms with Crippen molar-refractivity contribution in [2.45, 2.75) is 26.3 Å². The van der Waals surface area contributed by atoms with Crippen molar-refractivity contribution in [1.82, 2.24) is 5.32 Å². The molecular weight excluding hydrogens is 230 g/mol.